The largest absolute Gasteiger partial charge is 0.481 e. The monoisotopic (exact) mass is 493 g/mol. The van der Waals surface area contributed by atoms with Crippen molar-refractivity contribution in [3.8, 4) is 5.88 Å². The maximum atomic E-state index is 13.8. The fourth-order valence-electron chi connectivity index (χ4n) is 6.45. The third-order valence-corrected chi connectivity index (χ3v) is 8.24. The van der Waals surface area contributed by atoms with Gasteiger partial charge in [-0.25, -0.2) is 4.98 Å². The van der Waals surface area contributed by atoms with Crippen molar-refractivity contribution in [1.82, 2.24) is 4.98 Å². The van der Waals surface area contributed by atoms with E-state index in [4.69, 9.17) is 4.74 Å². The van der Waals surface area contributed by atoms with Crippen molar-refractivity contribution in [3.05, 3.63) is 93.7 Å². The number of ether oxygens (including phenoxy) is 1. The second-order valence-corrected chi connectivity index (χ2v) is 10.4. The Kier molecular flexibility index (Phi) is 5.36. The van der Waals surface area contributed by atoms with Crippen molar-refractivity contribution < 1.29 is 27.8 Å². The molecule has 5 atom stereocenters. The summed E-state index contributed by atoms with van der Waals surface area (Å²) in [6.07, 6.45) is -0.263. The van der Waals surface area contributed by atoms with Crippen LogP contribution in [0.1, 0.15) is 64.1 Å². The predicted octanol–water partition coefficient (Wildman–Crippen LogP) is 6.36. The van der Waals surface area contributed by atoms with Crippen molar-refractivity contribution in [3.63, 3.8) is 0 Å². The quantitative estimate of drug-likeness (QED) is 0.449. The Morgan fingerprint density at radius 2 is 1.89 bits per heavy atom. The van der Waals surface area contributed by atoms with Crippen molar-refractivity contribution in [1.29, 1.82) is 0 Å². The summed E-state index contributed by atoms with van der Waals surface area (Å²) in [5, 5.41) is 9.30. The van der Waals surface area contributed by atoms with E-state index in [1.807, 2.05) is 31.2 Å². The van der Waals surface area contributed by atoms with Crippen molar-refractivity contribution in [2.45, 2.75) is 50.8 Å². The van der Waals surface area contributed by atoms with Gasteiger partial charge in [0.15, 0.2) is 0 Å². The molecule has 7 heteroatoms. The zero-order valence-corrected chi connectivity index (χ0v) is 19.8. The molecule has 0 aliphatic heterocycles. The summed E-state index contributed by atoms with van der Waals surface area (Å²) in [6.45, 7) is 2.28. The molecule has 3 aliphatic carbocycles. The number of halogens is 3. The van der Waals surface area contributed by atoms with E-state index in [1.54, 1.807) is 18.3 Å². The van der Waals surface area contributed by atoms with E-state index in [2.05, 4.69) is 4.98 Å². The molecule has 3 aliphatic rings. The number of aromatic nitrogens is 1. The highest BCUT2D eigenvalue weighted by Crippen LogP contribution is 2.61. The summed E-state index contributed by atoms with van der Waals surface area (Å²) in [7, 11) is 0. The van der Waals surface area contributed by atoms with E-state index in [-0.39, 0.29) is 36.2 Å². The van der Waals surface area contributed by atoms with Crippen LogP contribution in [-0.2, 0) is 30.4 Å². The zero-order valence-electron chi connectivity index (χ0n) is 19.8. The molecule has 4 nitrogen and oxygen atoms in total. The van der Waals surface area contributed by atoms with E-state index >= 15 is 0 Å². The fraction of sp³-hybridized carbons (Fsp3) is 0.379. The lowest BCUT2D eigenvalue weighted by atomic mass is 9.71. The molecule has 2 aromatic carbocycles. The Morgan fingerprint density at radius 1 is 1.08 bits per heavy atom. The molecule has 1 fully saturated rings. The predicted molar refractivity (Wildman–Crippen MR) is 127 cm³/mol. The van der Waals surface area contributed by atoms with Crippen LogP contribution in [-0.4, -0.2) is 16.1 Å². The number of pyridine rings is 1. The molecule has 36 heavy (non-hydrogen) atoms. The van der Waals surface area contributed by atoms with E-state index in [0.29, 0.717) is 11.4 Å². The van der Waals surface area contributed by atoms with Crippen LogP contribution in [0.2, 0.25) is 0 Å². The summed E-state index contributed by atoms with van der Waals surface area (Å²) < 4.78 is 47.4. The maximum absolute atomic E-state index is 13.8. The number of aliphatic carboxylic acids is 1. The van der Waals surface area contributed by atoms with E-state index in [0.717, 1.165) is 47.1 Å². The zero-order chi connectivity index (χ0) is 25.2. The van der Waals surface area contributed by atoms with Crippen molar-refractivity contribution in [2.75, 3.05) is 0 Å². The van der Waals surface area contributed by atoms with Gasteiger partial charge in [-0.1, -0.05) is 43.3 Å². The summed E-state index contributed by atoms with van der Waals surface area (Å²) in [6, 6.07) is 13.8. The number of carboxylic acids is 1. The smallest absolute Gasteiger partial charge is 0.416 e. The summed E-state index contributed by atoms with van der Waals surface area (Å²) >= 11 is 0. The third-order valence-electron chi connectivity index (χ3n) is 8.24. The van der Waals surface area contributed by atoms with Crippen LogP contribution in [0.25, 0.3) is 0 Å². The van der Waals surface area contributed by atoms with Crippen LogP contribution in [0.5, 0.6) is 5.88 Å². The number of hydrogen-bond acceptors (Lipinski definition) is 3. The molecule has 1 aromatic heterocycles. The van der Waals surface area contributed by atoms with Gasteiger partial charge >= 0.3 is 12.1 Å². The normalized spacial score (nSPS) is 26.1. The minimum atomic E-state index is -4.40. The van der Waals surface area contributed by atoms with Gasteiger partial charge in [-0.3, -0.25) is 4.79 Å². The van der Waals surface area contributed by atoms with Gasteiger partial charge in [0, 0.05) is 24.1 Å². The van der Waals surface area contributed by atoms with E-state index in [9.17, 15) is 23.1 Å². The highest BCUT2D eigenvalue weighted by atomic mass is 19.4. The molecular formula is C29H26F3NO3. The van der Waals surface area contributed by atoms with Gasteiger partial charge in [-0.15, -0.1) is 0 Å². The highest BCUT2D eigenvalue weighted by molar-refractivity contribution is 5.77. The summed E-state index contributed by atoms with van der Waals surface area (Å²) in [4.78, 5) is 15.7. The molecule has 0 saturated heterocycles. The summed E-state index contributed by atoms with van der Waals surface area (Å²) in [5.41, 5.74) is 4.77. The number of fused-ring (bicyclic) bond motifs is 4. The molecule has 5 unspecified atom stereocenters. The molecule has 0 bridgehead atoms. The molecule has 6 rings (SSSR count). The lowest BCUT2D eigenvalue weighted by Crippen LogP contribution is -2.23. The molecule has 1 saturated carbocycles. The Hall–Kier alpha value is -3.35. The minimum absolute atomic E-state index is 0.0678. The average Bonchev–Trinajstić information content (AvgIpc) is 3.44. The molecule has 1 heterocycles. The lowest BCUT2D eigenvalue weighted by molar-refractivity contribution is -0.139. The first kappa shape index (κ1) is 23.1. The summed E-state index contributed by atoms with van der Waals surface area (Å²) in [5.74, 6) is -0.581. The van der Waals surface area contributed by atoms with Crippen LogP contribution in [0.3, 0.4) is 0 Å². The SMILES string of the molecule is CC1CCc2ccc(COc3cc4c(cn3)C3C(C4)C3C(=O)O)cc2C1c1ccccc1C(F)(F)F. The highest BCUT2D eigenvalue weighted by Gasteiger charge is 2.60. The van der Waals surface area contributed by atoms with Crippen LogP contribution in [0.15, 0.2) is 54.7 Å². The Morgan fingerprint density at radius 3 is 2.67 bits per heavy atom. The van der Waals surface area contributed by atoms with Gasteiger partial charge in [-0.2, -0.15) is 13.2 Å². The van der Waals surface area contributed by atoms with Crippen LogP contribution < -0.4 is 4.74 Å². The van der Waals surface area contributed by atoms with Gasteiger partial charge in [-0.05, 0) is 70.5 Å². The van der Waals surface area contributed by atoms with Crippen LogP contribution >= 0.6 is 0 Å². The first-order chi connectivity index (χ1) is 17.2. The number of alkyl halides is 3. The Balaban J connectivity index is 1.24. The average molecular weight is 494 g/mol. The molecule has 0 amide bonds. The number of rotatable bonds is 5. The third kappa shape index (κ3) is 3.85. The maximum Gasteiger partial charge on any atom is 0.416 e. The first-order valence-corrected chi connectivity index (χ1v) is 12.3. The van der Waals surface area contributed by atoms with E-state index in [1.165, 1.54) is 12.1 Å². The number of benzene rings is 2. The Bertz CT molecular complexity index is 1350. The lowest BCUT2D eigenvalue weighted by Gasteiger charge is -2.34. The number of hydrogen-bond donors (Lipinski definition) is 1. The molecule has 0 spiro atoms. The number of aryl methyl sites for hydroxylation is 1. The van der Waals surface area contributed by atoms with Gasteiger partial charge in [0.05, 0.1) is 11.5 Å². The second kappa shape index (κ2) is 8.36. The fourth-order valence-corrected chi connectivity index (χ4v) is 6.45. The van der Waals surface area contributed by atoms with Crippen molar-refractivity contribution >= 4 is 5.97 Å². The van der Waals surface area contributed by atoms with Crippen molar-refractivity contribution in [2.24, 2.45) is 17.8 Å². The van der Waals surface area contributed by atoms with Crippen LogP contribution in [0, 0.1) is 17.8 Å². The number of nitrogens with zero attached hydrogens (tertiary/aromatic N) is 1. The topological polar surface area (TPSA) is 59.4 Å². The molecule has 3 aromatic rings. The van der Waals surface area contributed by atoms with Gasteiger partial charge in [0.25, 0.3) is 0 Å². The standard InChI is InChI=1S/C29H26F3NO3/c1-15-6-8-17-9-7-16(10-20(17)25(15)19-4-2-3-5-23(19)29(30,31)32)14-36-24-12-18-11-21-26(22(18)13-33-24)27(21)28(34)35/h2-5,7,9-10,12-13,15,21,25-27H,6,8,11,14H2,1H3,(H,34,35). The van der Waals surface area contributed by atoms with Crippen LogP contribution in [0.4, 0.5) is 13.2 Å². The van der Waals surface area contributed by atoms with Gasteiger partial charge in [0.1, 0.15) is 6.61 Å². The van der Waals surface area contributed by atoms with Gasteiger partial charge < -0.3 is 9.84 Å². The first-order valence-electron chi connectivity index (χ1n) is 12.3. The minimum Gasteiger partial charge on any atom is -0.481 e. The Labute approximate surface area is 207 Å². The van der Waals surface area contributed by atoms with Gasteiger partial charge in [0.2, 0.25) is 5.88 Å². The molecule has 0 radical (unpaired) electrons. The number of carbonyl (C=O) groups is 1. The van der Waals surface area contributed by atoms with E-state index < -0.39 is 17.7 Å². The second-order valence-electron chi connectivity index (χ2n) is 10.4. The molecule has 1 N–H and O–H groups in total. The molecular weight excluding hydrogens is 467 g/mol. The number of carboxylic acid groups (broad SMARTS) is 1. The molecule has 186 valence electrons.